The van der Waals surface area contributed by atoms with Crippen molar-refractivity contribution >= 4 is 11.6 Å². The number of imidazole rings is 1. The van der Waals surface area contributed by atoms with E-state index in [-0.39, 0.29) is 45.1 Å². The Morgan fingerprint density at radius 3 is 2.16 bits per heavy atom. The van der Waals surface area contributed by atoms with Gasteiger partial charge in [0.1, 0.15) is 25.5 Å². The number of aliphatic hydroxyl groups is 1. The molecule has 16 atom stereocenters. The van der Waals surface area contributed by atoms with Crippen LogP contribution in [0.4, 0.5) is 0 Å². The lowest BCUT2D eigenvalue weighted by atomic mass is 9.43. The molecule has 8 aliphatic rings. The summed E-state index contributed by atoms with van der Waals surface area (Å²) < 4.78 is 15.3. The van der Waals surface area contributed by atoms with E-state index < -0.39 is 5.60 Å². The van der Waals surface area contributed by atoms with Gasteiger partial charge in [0.25, 0.3) is 0 Å². The van der Waals surface area contributed by atoms with Crippen LogP contribution >= 0.6 is 0 Å². The van der Waals surface area contributed by atoms with Gasteiger partial charge in [0.05, 0.1) is 18.8 Å². The zero-order chi connectivity index (χ0) is 40.2. The Kier molecular flexibility index (Phi) is 11.7. The summed E-state index contributed by atoms with van der Waals surface area (Å²) in [6, 6.07) is 0. The van der Waals surface area contributed by atoms with Gasteiger partial charge in [0.15, 0.2) is 11.6 Å². The first kappa shape index (κ1) is 43.6. The molecule has 326 valence electrons. The summed E-state index contributed by atoms with van der Waals surface area (Å²) in [5.74, 6) is 6.69. The van der Waals surface area contributed by atoms with Crippen LogP contribution in [-0.4, -0.2) is 54.3 Å². The van der Waals surface area contributed by atoms with Crippen LogP contribution in [0.3, 0.4) is 0 Å². The van der Waals surface area contributed by atoms with E-state index in [4.69, 9.17) is 9.47 Å². The first-order valence-corrected chi connectivity index (χ1v) is 23.9. The molecule has 0 amide bonds. The van der Waals surface area contributed by atoms with Crippen molar-refractivity contribution in [3.8, 4) is 0 Å². The number of hydrogen-bond donors (Lipinski definition) is 1. The van der Waals surface area contributed by atoms with E-state index in [1.807, 2.05) is 25.8 Å². The van der Waals surface area contributed by atoms with Crippen molar-refractivity contribution in [2.24, 2.45) is 86.3 Å². The lowest BCUT2D eigenvalue weighted by molar-refractivity contribution is -0.684. The lowest BCUT2D eigenvalue weighted by Gasteiger charge is -2.62. The molecule has 0 aromatic carbocycles. The maximum absolute atomic E-state index is 14.2. The normalized spacial score (nSPS) is 49.3. The van der Waals surface area contributed by atoms with Crippen LogP contribution in [0.25, 0.3) is 0 Å². The number of aromatic nitrogens is 2. The van der Waals surface area contributed by atoms with Crippen molar-refractivity contribution < 1.29 is 45.7 Å². The maximum atomic E-state index is 14.2. The molecule has 1 aromatic heterocycles. The first-order valence-electron chi connectivity index (χ1n) is 23.9. The Morgan fingerprint density at radius 2 is 1.40 bits per heavy atom. The van der Waals surface area contributed by atoms with Gasteiger partial charge >= 0.3 is 0 Å². The molecule has 7 nitrogen and oxygen atoms in total. The van der Waals surface area contributed by atoms with Crippen LogP contribution in [0.15, 0.2) is 18.7 Å². The molecular weight excluding hydrogens is 788 g/mol. The van der Waals surface area contributed by atoms with Crippen LogP contribution in [0.2, 0.25) is 0 Å². The van der Waals surface area contributed by atoms with Gasteiger partial charge in [0.2, 0.25) is 6.33 Å². The molecule has 0 aliphatic heterocycles. The summed E-state index contributed by atoms with van der Waals surface area (Å²) in [5.41, 5.74) is 0.580. The molecule has 9 rings (SSSR count). The number of halogens is 1. The van der Waals surface area contributed by atoms with Crippen LogP contribution in [0, 0.1) is 86.3 Å². The molecule has 6 unspecified atom stereocenters. The molecule has 8 fully saturated rings. The topological polar surface area (TPSA) is 81.6 Å². The highest BCUT2D eigenvalue weighted by atomic mass is 79.9. The van der Waals surface area contributed by atoms with E-state index in [9.17, 15) is 14.7 Å². The Bertz CT molecular complexity index is 1700. The van der Waals surface area contributed by atoms with Crippen molar-refractivity contribution in [2.45, 2.75) is 169 Å². The van der Waals surface area contributed by atoms with Gasteiger partial charge in [-0.1, -0.05) is 34.6 Å². The number of carbonyl (C=O) groups excluding carboxylic acids is 2. The monoisotopic (exact) mass is 867 g/mol. The molecule has 58 heavy (non-hydrogen) atoms. The summed E-state index contributed by atoms with van der Waals surface area (Å²) in [7, 11) is 3.59. The largest absolute Gasteiger partial charge is 1.00 e. The molecule has 1 aromatic rings. The summed E-state index contributed by atoms with van der Waals surface area (Å²) in [4.78, 5) is 28.3. The quantitative estimate of drug-likeness (QED) is 0.281. The smallest absolute Gasteiger partial charge is 0.244 e. The Balaban J connectivity index is 0.00000469. The second kappa shape index (κ2) is 15.6. The minimum Gasteiger partial charge on any atom is -1.00 e. The zero-order valence-electron chi connectivity index (χ0n) is 37.4. The van der Waals surface area contributed by atoms with E-state index in [1.54, 1.807) is 7.11 Å². The predicted molar refractivity (Wildman–Crippen MR) is 222 cm³/mol. The molecule has 0 saturated heterocycles. The number of carbonyl (C=O) groups is 2. The second-order valence-corrected chi connectivity index (χ2v) is 23.8. The Morgan fingerprint density at radius 1 is 0.707 bits per heavy atom. The number of hydrogen-bond acceptors (Lipinski definition) is 5. The number of fused-ring (bicyclic) bond motifs is 10. The van der Waals surface area contributed by atoms with Crippen LogP contribution in [-0.2, 0) is 32.2 Å². The highest BCUT2D eigenvalue weighted by Crippen LogP contribution is 2.70. The molecular formula is C50H79BrN2O5. The van der Waals surface area contributed by atoms with Crippen molar-refractivity contribution in [1.29, 1.82) is 0 Å². The molecule has 0 spiro atoms. The molecule has 8 aliphatic carbocycles. The number of nitrogens with zero attached hydrogens (tertiary/aromatic N) is 2. The first-order chi connectivity index (χ1) is 27.1. The highest BCUT2D eigenvalue weighted by molar-refractivity contribution is 5.81. The minimum atomic E-state index is -0.702. The van der Waals surface area contributed by atoms with Gasteiger partial charge in [-0.2, -0.15) is 0 Å². The molecule has 0 radical (unpaired) electrons. The van der Waals surface area contributed by atoms with Crippen molar-refractivity contribution in [3.05, 3.63) is 18.7 Å². The number of rotatable bonds is 10. The average molecular weight is 868 g/mol. The van der Waals surface area contributed by atoms with Crippen molar-refractivity contribution in [3.63, 3.8) is 0 Å². The van der Waals surface area contributed by atoms with E-state index in [0.717, 1.165) is 62.9 Å². The maximum Gasteiger partial charge on any atom is 0.244 e. The minimum absolute atomic E-state index is 0. The van der Waals surface area contributed by atoms with Gasteiger partial charge in [-0.3, -0.25) is 9.59 Å². The van der Waals surface area contributed by atoms with Crippen LogP contribution in [0.1, 0.15) is 150 Å². The second-order valence-electron chi connectivity index (χ2n) is 23.8. The summed E-state index contributed by atoms with van der Waals surface area (Å²) >= 11 is 0. The van der Waals surface area contributed by atoms with Crippen LogP contribution < -0.4 is 21.5 Å². The molecule has 1 N–H and O–H groups in total. The third kappa shape index (κ3) is 7.10. The molecule has 8 saturated carbocycles. The zero-order valence-corrected chi connectivity index (χ0v) is 39.0. The summed E-state index contributed by atoms with van der Waals surface area (Å²) in [6.07, 6.45) is 27.4. The molecule has 0 bridgehead atoms. The number of ketones is 2. The van der Waals surface area contributed by atoms with Crippen molar-refractivity contribution in [2.75, 3.05) is 27.4 Å². The number of ether oxygens (including phenoxy) is 2. The molecule has 1 heterocycles. The predicted octanol–water partition coefficient (Wildman–Crippen LogP) is 6.27. The van der Waals surface area contributed by atoms with E-state index >= 15 is 0 Å². The standard InChI is InChI=1S/C50H79N2O5.BrH/c1-45(30-56-6)20-21-47(3)35(26-45)9-11-36-38-12-13-41(48(38,4)18-16-39(36)47)44(54)28-52-23-22-51(32-52)27-43(53)33-24-42-37-10-8-34-14-19-50(55,31-57-7)29-49(34,5)40(37)15-17-46(42,2)25-33;/h22-23,32-42,55H,8-21,24-31H2,1-7H3;1H/q+1;/p-1/t33-,34-,35-,36?,37?,38?,39?,40?,41+,42?,45-,46+,47-,48-,49-,50-;/m0./s1. The third-order valence-corrected chi connectivity index (χ3v) is 20.7. The molecule has 8 heteroatoms. The van der Waals surface area contributed by atoms with E-state index in [2.05, 4.69) is 43.8 Å². The fourth-order valence-corrected chi connectivity index (χ4v) is 18.0. The van der Waals surface area contributed by atoms with Gasteiger partial charge in [0, 0.05) is 26.1 Å². The van der Waals surface area contributed by atoms with Gasteiger partial charge in [-0.05, 0) is 190 Å². The Labute approximate surface area is 361 Å². The third-order valence-electron chi connectivity index (χ3n) is 20.7. The SMILES string of the molecule is COC[C@@]1(C)CC[C@]2(C)C3CC[C@@]4(C)C(CC[C@@H]4C(=O)C[n+]4ccn(CC(=O)[C@H]5CC6C7CC[C@H]8CC[C@@](O)(COC)C[C@]8(C)C7CC[C@]6(C)C5)c4)C3CC[C@H]2C1.[Br-]. The number of methoxy groups -OCH3 is 2. The van der Waals surface area contributed by atoms with Gasteiger partial charge < -0.3 is 31.6 Å². The average Bonchev–Trinajstić information content (AvgIpc) is 3.86. The van der Waals surface area contributed by atoms with Crippen molar-refractivity contribution in [1.82, 2.24) is 4.57 Å². The van der Waals surface area contributed by atoms with Gasteiger partial charge in [-0.15, -0.1) is 0 Å². The number of Topliss-reactive ketones (excluding diaryl/α,β-unsaturated/α-hetero) is 2. The van der Waals surface area contributed by atoms with E-state index in [1.165, 1.54) is 77.0 Å². The lowest BCUT2D eigenvalue weighted by Crippen LogP contribution is -3.00. The van der Waals surface area contributed by atoms with Crippen LogP contribution in [0.5, 0.6) is 0 Å². The highest BCUT2D eigenvalue weighted by Gasteiger charge is 2.63. The Hall–Kier alpha value is -1.09. The summed E-state index contributed by atoms with van der Waals surface area (Å²) in [5, 5.41) is 11.5. The summed E-state index contributed by atoms with van der Waals surface area (Å²) in [6.45, 7) is 14.7. The fourth-order valence-electron chi connectivity index (χ4n) is 18.0. The van der Waals surface area contributed by atoms with E-state index in [0.29, 0.717) is 71.7 Å². The van der Waals surface area contributed by atoms with Gasteiger partial charge in [-0.25, -0.2) is 9.13 Å². The fraction of sp³-hybridized carbons (Fsp3) is 0.900.